The minimum absolute atomic E-state index is 0.171. The highest BCUT2D eigenvalue weighted by Gasteiger charge is 2.07. The molecule has 1 aliphatic heterocycles. The Hall–Kier alpha value is 0.492. The van der Waals surface area contributed by atoms with Gasteiger partial charge in [0.1, 0.15) is 0 Å². The van der Waals surface area contributed by atoms with Crippen molar-refractivity contribution in [3.05, 3.63) is 0 Å². The first kappa shape index (κ1) is 14.5. The lowest BCUT2D eigenvalue weighted by molar-refractivity contribution is 0.359. The third-order valence-corrected chi connectivity index (χ3v) is 6.84. The molecule has 0 aromatic carbocycles. The molecule has 1 aliphatic rings. The number of nitrogens with zero attached hydrogens (tertiary/aromatic N) is 1. The molecular weight excluding hydrogens is 185 g/mol. The van der Waals surface area contributed by atoms with Crippen LogP contribution in [0.5, 0.6) is 0 Å². The van der Waals surface area contributed by atoms with Crippen molar-refractivity contribution in [2.45, 2.75) is 56.4 Å². The predicted molar refractivity (Wildman–Crippen MR) is 68.5 cm³/mol. The standard InChI is InChI=1S/C6H13N.3C2H5.Al/c1-2-7-5-3-4-6-7;3*1-2;/h2-6H2,1H3;3*1H2,2H3;. The van der Waals surface area contributed by atoms with E-state index in [0.717, 1.165) is 0 Å². The lowest BCUT2D eigenvalue weighted by atomic mass is 10.4. The molecule has 1 saturated heterocycles. The van der Waals surface area contributed by atoms with Crippen molar-refractivity contribution in [1.82, 2.24) is 4.90 Å². The molecule has 14 heavy (non-hydrogen) atoms. The van der Waals surface area contributed by atoms with Gasteiger partial charge in [0.05, 0.1) is 0 Å². The molecular formula is C12H28AlN. The number of rotatable bonds is 4. The fourth-order valence-corrected chi connectivity index (χ4v) is 3.70. The van der Waals surface area contributed by atoms with Gasteiger partial charge < -0.3 is 4.90 Å². The second-order valence-corrected chi connectivity index (χ2v) is 8.41. The van der Waals surface area contributed by atoms with Crippen LogP contribution >= 0.6 is 0 Å². The normalized spacial score (nSPS) is 16.3. The Labute approximate surface area is 95.3 Å². The Balaban J connectivity index is 0.000000241. The van der Waals surface area contributed by atoms with E-state index >= 15 is 0 Å². The Bertz CT molecular complexity index is 98.1. The zero-order valence-electron chi connectivity index (χ0n) is 10.7. The molecule has 0 saturated carbocycles. The first-order chi connectivity index (χ1) is 6.78. The van der Waals surface area contributed by atoms with E-state index in [1.54, 1.807) is 0 Å². The summed E-state index contributed by atoms with van der Waals surface area (Å²) in [6.07, 6.45) is 2.85. The van der Waals surface area contributed by atoms with Crippen LogP contribution in [0.4, 0.5) is 0 Å². The summed E-state index contributed by atoms with van der Waals surface area (Å²) in [5, 5.41) is 4.48. The molecule has 1 fully saturated rings. The molecule has 0 bridgehead atoms. The Morgan fingerprint density at radius 2 is 1.29 bits per heavy atom. The van der Waals surface area contributed by atoms with Crippen molar-refractivity contribution in [3.63, 3.8) is 0 Å². The Morgan fingerprint density at radius 1 is 0.857 bits per heavy atom. The Morgan fingerprint density at radius 3 is 1.43 bits per heavy atom. The molecule has 0 aliphatic carbocycles. The van der Waals surface area contributed by atoms with Crippen molar-refractivity contribution in [3.8, 4) is 0 Å². The topological polar surface area (TPSA) is 3.24 Å². The van der Waals surface area contributed by atoms with Gasteiger partial charge in [0.2, 0.25) is 0 Å². The van der Waals surface area contributed by atoms with Gasteiger partial charge in [-0.3, -0.25) is 0 Å². The third kappa shape index (κ3) is 6.87. The van der Waals surface area contributed by atoms with E-state index in [1.165, 1.54) is 48.3 Å². The molecule has 0 aromatic rings. The maximum atomic E-state index is 2.49. The summed E-state index contributed by atoms with van der Waals surface area (Å²) in [5.74, 6) is 0. The molecule has 0 radical (unpaired) electrons. The molecule has 0 atom stereocenters. The average Bonchev–Trinajstić information content (AvgIpc) is 2.74. The summed E-state index contributed by atoms with van der Waals surface area (Å²) >= 11 is -0.171. The van der Waals surface area contributed by atoms with Crippen LogP contribution in [-0.4, -0.2) is 38.7 Å². The van der Waals surface area contributed by atoms with Gasteiger partial charge in [0.25, 0.3) is 14.1 Å². The van der Waals surface area contributed by atoms with Crippen LogP contribution < -0.4 is 0 Å². The highest BCUT2D eigenvalue weighted by molar-refractivity contribution is 6.58. The molecule has 0 unspecified atom stereocenters. The van der Waals surface area contributed by atoms with E-state index in [2.05, 4.69) is 32.6 Å². The van der Waals surface area contributed by atoms with Gasteiger partial charge >= 0.3 is 0 Å². The summed E-state index contributed by atoms with van der Waals surface area (Å²) in [5.41, 5.74) is 0. The van der Waals surface area contributed by atoms with E-state index in [9.17, 15) is 0 Å². The molecule has 1 heterocycles. The quantitative estimate of drug-likeness (QED) is 0.644. The first-order valence-corrected chi connectivity index (χ1v) is 8.95. The van der Waals surface area contributed by atoms with Crippen LogP contribution in [0.2, 0.25) is 15.8 Å². The van der Waals surface area contributed by atoms with Crippen LogP contribution in [0, 0.1) is 0 Å². The van der Waals surface area contributed by atoms with Gasteiger partial charge in [0, 0.05) is 0 Å². The molecule has 0 aromatic heterocycles. The summed E-state index contributed by atoms with van der Waals surface area (Å²) in [4.78, 5) is 2.49. The maximum Gasteiger partial charge on any atom is 0.261 e. The van der Waals surface area contributed by atoms with Crippen LogP contribution in [0.1, 0.15) is 40.5 Å². The van der Waals surface area contributed by atoms with Gasteiger partial charge in [-0.1, -0.05) is 43.5 Å². The molecule has 84 valence electrons. The second kappa shape index (κ2) is 10.0. The summed E-state index contributed by atoms with van der Waals surface area (Å²) < 4.78 is 0. The van der Waals surface area contributed by atoms with Crippen molar-refractivity contribution in [1.29, 1.82) is 0 Å². The van der Waals surface area contributed by atoms with Crippen molar-refractivity contribution >= 4 is 14.1 Å². The van der Waals surface area contributed by atoms with E-state index in [4.69, 9.17) is 0 Å². The summed E-state index contributed by atoms with van der Waals surface area (Å²) in [6.45, 7) is 13.1. The number of likely N-dealkylation sites (tertiary alicyclic amines) is 1. The predicted octanol–water partition coefficient (Wildman–Crippen LogP) is 3.64. The number of hydrogen-bond donors (Lipinski definition) is 0. The minimum atomic E-state index is -0.171. The first-order valence-electron chi connectivity index (χ1n) is 6.50. The molecule has 0 N–H and O–H groups in total. The molecule has 1 rings (SSSR count). The van der Waals surface area contributed by atoms with Crippen LogP contribution in [-0.2, 0) is 0 Å². The average molecular weight is 213 g/mol. The fourth-order valence-electron chi connectivity index (χ4n) is 1.96. The molecule has 0 amide bonds. The van der Waals surface area contributed by atoms with E-state index in [-0.39, 0.29) is 14.1 Å². The zero-order chi connectivity index (χ0) is 10.8. The lowest BCUT2D eigenvalue weighted by Crippen LogP contribution is -2.17. The second-order valence-electron chi connectivity index (χ2n) is 4.23. The largest absolute Gasteiger partial charge is 0.304 e. The van der Waals surface area contributed by atoms with Crippen molar-refractivity contribution < 1.29 is 0 Å². The van der Waals surface area contributed by atoms with Gasteiger partial charge in [-0.15, -0.1) is 0 Å². The third-order valence-electron chi connectivity index (χ3n) is 3.38. The zero-order valence-corrected chi connectivity index (χ0v) is 11.8. The highest BCUT2D eigenvalue weighted by atomic mass is 27.2. The fraction of sp³-hybridized carbons (Fsp3) is 1.00. The monoisotopic (exact) mass is 213 g/mol. The van der Waals surface area contributed by atoms with Crippen LogP contribution in [0.3, 0.4) is 0 Å². The van der Waals surface area contributed by atoms with Crippen LogP contribution in [0.25, 0.3) is 0 Å². The molecule has 1 nitrogen and oxygen atoms in total. The highest BCUT2D eigenvalue weighted by Crippen LogP contribution is 2.04. The minimum Gasteiger partial charge on any atom is -0.304 e. The van der Waals surface area contributed by atoms with Gasteiger partial charge in [-0.2, -0.15) is 0 Å². The SMILES string of the molecule is CCN1CCCC1.C[CH2][Al]([CH2]C)[CH2]C. The maximum absolute atomic E-state index is 2.49. The van der Waals surface area contributed by atoms with Crippen molar-refractivity contribution in [2.24, 2.45) is 0 Å². The van der Waals surface area contributed by atoms with E-state index < -0.39 is 0 Å². The number of hydrogen-bond acceptors (Lipinski definition) is 1. The summed E-state index contributed by atoms with van der Waals surface area (Å²) in [6, 6.07) is 0. The molecule has 0 spiro atoms. The summed E-state index contributed by atoms with van der Waals surface area (Å²) in [7, 11) is 0. The smallest absolute Gasteiger partial charge is 0.261 e. The van der Waals surface area contributed by atoms with Gasteiger partial charge in [0.15, 0.2) is 0 Å². The van der Waals surface area contributed by atoms with E-state index in [1.807, 2.05) is 0 Å². The van der Waals surface area contributed by atoms with Crippen molar-refractivity contribution in [2.75, 3.05) is 19.6 Å². The van der Waals surface area contributed by atoms with Crippen LogP contribution in [0.15, 0.2) is 0 Å². The van der Waals surface area contributed by atoms with Gasteiger partial charge in [-0.05, 0) is 32.5 Å². The molecule has 2 heteroatoms. The van der Waals surface area contributed by atoms with Gasteiger partial charge in [-0.25, -0.2) is 0 Å². The lowest BCUT2D eigenvalue weighted by Gasteiger charge is -2.08. The Kier molecular flexibility index (Phi) is 10.4. The van der Waals surface area contributed by atoms with E-state index in [0.29, 0.717) is 0 Å².